The van der Waals surface area contributed by atoms with Gasteiger partial charge < -0.3 is 10.0 Å². The van der Waals surface area contributed by atoms with Crippen molar-refractivity contribution < 1.29 is 14.7 Å². The number of carboxylic acids is 1. The van der Waals surface area contributed by atoms with Crippen LogP contribution in [0.1, 0.15) is 29.3 Å². The zero-order valence-corrected chi connectivity index (χ0v) is 13.4. The summed E-state index contributed by atoms with van der Waals surface area (Å²) in [6, 6.07) is 7.20. The maximum atomic E-state index is 12.5. The molecule has 0 saturated carbocycles. The van der Waals surface area contributed by atoms with Crippen molar-refractivity contribution >= 4 is 29.7 Å². The molecule has 0 aliphatic heterocycles. The molecule has 1 aromatic carbocycles. The molecule has 0 heterocycles. The highest BCUT2D eigenvalue weighted by Gasteiger charge is 2.19. The third-order valence-corrected chi connectivity index (χ3v) is 3.97. The Morgan fingerprint density at radius 3 is 2.71 bits per heavy atom. The first-order chi connectivity index (χ1) is 9.99. The smallest absolute Gasteiger partial charge is 0.328 e. The van der Waals surface area contributed by atoms with Crippen LogP contribution in [0.2, 0.25) is 0 Å². The summed E-state index contributed by atoms with van der Waals surface area (Å²) in [6.45, 7) is 2.07. The van der Waals surface area contributed by atoms with E-state index in [0.29, 0.717) is 11.1 Å². The molecule has 1 rings (SSSR count). The van der Waals surface area contributed by atoms with Crippen molar-refractivity contribution in [3.63, 3.8) is 0 Å². The molecule has 1 atom stereocenters. The Labute approximate surface area is 129 Å². The molecule has 0 spiro atoms. The van der Waals surface area contributed by atoms with Crippen molar-refractivity contribution in [1.29, 1.82) is 0 Å². The van der Waals surface area contributed by atoms with Gasteiger partial charge in [0.15, 0.2) is 0 Å². The fourth-order valence-electron chi connectivity index (χ4n) is 2.01. The van der Waals surface area contributed by atoms with E-state index < -0.39 is 5.97 Å². The molecule has 0 radical (unpaired) electrons. The van der Waals surface area contributed by atoms with Gasteiger partial charge in [0.2, 0.25) is 0 Å². The van der Waals surface area contributed by atoms with Crippen LogP contribution in [0.4, 0.5) is 0 Å². The maximum absolute atomic E-state index is 12.5. The lowest BCUT2D eigenvalue weighted by Gasteiger charge is -2.27. The molecule has 1 unspecified atom stereocenters. The highest BCUT2D eigenvalue weighted by Crippen LogP contribution is 2.14. The van der Waals surface area contributed by atoms with E-state index in [4.69, 9.17) is 5.11 Å². The molecule has 0 aliphatic rings. The second-order valence-corrected chi connectivity index (χ2v) is 5.64. The number of carboxylic acid groups (broad SMARTS) is 1. The van der Waals surface area contributed by atoms with Crippen LogP contribution in [0.5, 0.6) is 0 Å². The Balaban J connectivity index is 2.91. The zero-order chi connectivity index (χ0) is 15.8. The quantitative estimate of drug-likeness (QED) is 0.787. The van der Waals surface area contributed by atoms with E-state index in [-0.39, 0.29) is 11.9 Å². The predicted molar refractivity (Wildman–Crippen MR) is 87.7 cm³/mol. The normalized spacial score (nSPS) is 12.3. The van der Waals surface area contributed by atoms with Crippen LogP contribution in [0.25, 0.3) is 6.08 Å². The van der Waals surface area contributed by atoms with Gasteiger partial charge >= 0.3 is 5.97 Å². The molecule has 21 heavy (non-hydrogen) atoms. The lowest BCUT2D eigenvalue weighted by Crippen LogP contribution is -2.38. The van der Waals surface area contributed by atoms with Crippen LogP contribution >= 0.6 is 11.8 Å². The first-order valence-corrected chi connectivity index (χ1v) is 8.16. The number of hydrogen-bond donors (Lipinski definition) is 1. The number of thioether (sulfide) groups is 1. The first kappa shape index (κ1) is 17.3. The number of carbonyl (C=O) groups is 2. The van der Waals surface area contributed by atoms with Crippen molar-refractivity contribution in [1.82, 2.24) is 4.90 Å². The van der Waals surface area contributed by atoms with E-state index in [0.717, 1.165) is 18.2 Å². The summed E-state index contributed by atoms with van der Waals surface area (Å²) in [7, 11) is 1.81. The molecule has 1 amide bonds. The number of nitrogens with zero attached hydrogens (tertiary/aromatic N) is 1. The van der Waals surface area contributed by atoms with Crippen LogP contribution in [0.3, 0.4) is 0 Å². The number of rotatable bonds is 7. The van der Waals surface area contributed by atoms with Gasteiger partial charge in [-0.2, -0.15) is 11.8 Å². The van der Waals surface area contributed by atoms with Crippen molar-refractivity contribution in [2.24, 2.45) is 0 Å². The zero-order valence-electron chi connectivity index (χ0n) is 12.6. The first-order valence-electron chi connectivity index (χ1n) is 6.76. The maximum Gasteiger partial charge on any atom is 0.328 e. The fourth-order valence-corrected chi connectivity index (χ4v) is 2.85. The van der Waals surface area contributed by atoms with Gasteiger partial charge in [-0.3, -0.25) is 4.79 Å². The molecular weight excluding hydrogens is 286 g/mol. The monoisotopic (exact) mass is 307 g/mol. The molecule has 114 valence electrons. The molecule has 0 fully saturated rings. The summed E-state index contributed by atoms with van der Waals surface area (Å²) in [5, 5.41) is 8.64. The summed E-state index contributed by atoms with van der Waals surface area (Å²) in [6.07, 6.45) is 5.48. The van der Waals surface area contributed by atoms with Gasteiger partial charge in [-0.1, -0.05) is 19.1 Å². The molecule has 0 aromatic heterocycles. The largest absolute Gasteiger partial charge is 0.478 e. The van der Waals surface area contributed by atoms with E-state index in [9.17, 15) is 9.59 Å². The van der Waals surface area contributed by atoms with Crippen LogP contribution in [-0.4, -0.2) is 47.0 Å². The van der Waals surface area contributed by atoms with Gasteiger partial charge in [0.05, 0.1) is 0 Å². The average molecular weight is 307 g/mol. The van der Waals surface area contributed by atoms with E-state index in [2.05, 4.69) is 6.92 Å². The SMILES string of the molecule is CCC(CSC)N(C)C(=O)c1cccc(/C=C/C(=O)O)c1. The lowest BCUT2D eigenvalue weighted by molar-refractivity contribution is -0.131. The topological polar surface area (TPSA) is 57.6 Å². The molecule has 0 aliphatic carbocycles. The Morgan fingerprint density at radius 2 is 2.14 bits per heavy atom. The summed E-state index contributed by atoms with van der Waals surface area (Å²) >= 11 is 1.72. The Bertz CT molecular complexity index is 528. The third-order valence-electron chi connectivity index (χ3n) is 3.25. The summed E-state index contributed by atoms with van der Waals surface area (Å²) in [5.74, 6) is -0.145. The summed E-state index contributed by atoms with van der Waals surface area (Å²) in [5.41, 5.74) is 1.28. The summed E-state index contributed by atoms with van der Waals surface area (Å²) in [4.78, 5) is 24.8. The molecule has 1 N–H and O–H groups in total. The third kappa shape index (κ3) is 5.27. The van der Waals surface area contributed by atoms with Crippen molar-refractivity contribution in [3.8, 4) is 0 Å². The van der Waals surface area contributed by atoms with Crippen LogP contribution in [0.15, 0.2) is 30.3 Å². The van der Waals surface area contributed by atoms with Crippen LogP contribution in [-0.2, 0) is 4.79 Å². The van der Waals surface area contributed by atoms with E-state index >= 15 is 0 Å². The fraction of sp³-hybridized carbons (Fsp3) is 0.375. The second-order valence-electron chi connectivity index (χ2n) is 4.73. The van der Waals surface area contributed by atoms with Gasteiger partial charge in [0.1, 0.15) is 0 Å². The van der Waals surface area contributed by atoms with Gasteiger partial charge in [0, 0.05) is 30.5 Å². The standard InChI is InChI=1S/C16H21NO3S/c1-4-14(11-21-3)17(2)16(20)13-7-5-6-12(10-13)8-9-15(18)19/h5-10,14H,4,11H2,1-3H3,(H,18,19)/b9-8+. The van der Waals surface area contributed by atoms with Crippen molar-refractivity contribution in [2.75, 3.05) is 19.1 Å². The highest BCUT2D eigenvalue weighted by atomic mass is 32.2. The number of aliphatic carboxylic acids is 1. The minimum Gasteiger partial charge on any atom is -0.478 e. The van der Waals surface area contributed by atoms with E-state index in [1.165, 1.54) is 6.08 Å². The highest BCUT2D eigenvalue weighted by molar-refractivity contribution is 7.98. The van der Waals surface area contributed by atoms with E-state index in [1.807, 2.05) is 13.3 Å². The van der Waals surface area contributed by atoms with Crippen molar-refractivity contribution in [2.45, 2.75) is 19.4 Å². The Kier molecular flexibility index (Phi) is 7.02. The average Bonchev–Trinajstić information content (AvgIpc) is 2.49. The minimum absolute atomic E-state index is 0.0403. The summed E-state index contributed by atoms with van der Waals surface area (Å²) < 4.78 is 0. The van der Waals surface area contributed by atoms with Crippen LogP contribution in [0, 0.1) is 0 Å². The number of hydrogen-bond acceptors (Lipinski definition) is 3. The molecule has 5 heteroatoms. The van der Waals surface area contributed by atoms with Crippen molar-refractivity contribution in [3.05, 3.63) is 41.5 Å². The molecule has 0 bridgehead atoms. The van der Waals surface area contributed by atoms with Gasteiger partial charge in [0.25, 0.3) is 5.91 Å². The minimum atomic E-state index is -1.00. The Hall–Kier alpha value is -1.75. The van der Waals surface area contributed by atoms with E-state index in [1.54, 1.807) is 40.9 Å². The second kappa shape index (κ2) is 8.52. The number of benzene rings is 1. The van der Waals surface area contributed by atoms with Gasteiger partial charge in [-0.25, -0.2) is 4.79 Å². The van der Waals surface area contributed by atoms with Gasteiger partial charge in [-0.15, -0.1) is 0 Å². The molecule has 1 aromatic rings. The number of carbonyl (C=O) groups excluding carboxylic acids is 1. The number of amides is 1. The molecule has 0 saturated heterocycles. The predicted octanol–water partition coefficient (Wildman–Crippen LogP) is 3.00. The lowest BCUT2D eigenvalue weighted by atomic mass is 10.1. The molecule has 4 nitrogen and oxygen atoms in total. The van der Waals surface area contributed by atoms with Gasteiger partial charge in [-0.05, 0) is 36.4 Å². The van der Waals surface area contributed by atoms with Crippen LogP contribution < -0.4 is 0 Å². The Morgan fingerprint density at radius 1 is 1.43 bits per heavy atom. The molecular formula is C16H21NO3S.